The number of H-pyrrole nitrogens is 1. The summed E-state index contributed by atoms with van der Waals surface area (Å²) in [4.78, 5) is 29.9. The maximum Gasteiger partial charge on any atom is 0.242 e. The summed E-state index contributed by atoms with van der Waals surface area (Å²) in [6.45, 7) is 4.34. The van der Waals surface area contributed by atoms with Crippen LogP contribution < -0.4 is 15.4 Å². The molecule has 6 nitrogen and oxygen atoms in total. The number of carbonyl (C=O) groups excluding carboxylic acids is 2. The van der Waals surface area contributed by atoms with Gasteiger partial charge in [-0.25, -0.2) is 0 Å². The normalized spacial score (nSPS) is 12.0. The van der Waals surface area contributed by atoms with Gasteiger partial charge in [0, 0.05) is 23.6 Å². The average molecular weight is 484 g/mol. The van der Waals surface area contributed by atoms with Crippen molar-refractivity contribution in [2.45, 2.75) is 32.2 Å². The molecule has 0 radical (unpaired) electrons. The van der Waals surface area contributed by atoms with E-state index in [-0.39, 0.29) is 17.7 Å². The Labute approximate surface area is 212 Å². The van der Waals surface area contributed by atoms with E-state index in [1.54, 1.807) is 7.11 Å². The third-order valence-corrected chi connectivity index (χ3v) is 6.44. The Morgan fingerprint density at radius 2 is 1.53 bits per heavy atom. The van der Waals surface area contributed by atoms with Crippen molar-refractivity contribution in [3.05, 3.63) is 102 Å². The van der Waals surface area contributed by atoms with Crippen molar-refractivity contribution in [1.82, 2.24) is 15.6 Å². The minimum Gasteiger partial charge on any atom is -0.497 e. The average Bonchev–Trinajstić information content (AvgIpc) is 3.30. The fraction of sp³-hybridized carbons (Fsp3) is 0.267. The van der Waals surface area contributed by atoms with E-state index in [9.17, 15) is 9.59 Å². The third kappa shape index (κ3) is 5.77. The molecule has 0 saturated carbocycles. The van der Waals surface area contributed by atoms with E-state index in [1.807, 2.05) is 98.9 Å². The number of hydrogen-bond donors (Lipinski definition) is 3. The van der Waals surface area contributed by atoms with Crippen LogP contribution in [0.4, 0.5) is 0 Å². The zero-order valence-electron chi connectivity index (χ0n) is 21.0. The summed E-state index contributed by atoms with van der Waals surface area (Å²) in [5.41, 5.74) is 3.90. The molecule has 186 valence electrons. The van der Waals surface area contributed by atoms with Gasteiger partial charge in [0.1, 0.15) is 11.8 Å². The summed E-state index contributed by atoms with van der Waals surface area (Å²) in [6.07, 6.45) is 2.62. The molecule has 6 heteroatoms. The number of methoxy groups -OCH3 is 1. The molecule has 36 heavy (non-hydrogen) atoms. The van der Waals surface area contributed by atoms with Crippen molar-refractivity contribution in [3.8, 4) is 5.75 Å². The molecule has 1 atom stereocenters. The number of ether oxygens (including phenoxy) is 1. The molecule has 0 aliphatic heterocycles. The van der Waals surface area contributed by atoms with Crippen LogP contribution in [0.1, 0.15) is 36.5 Å². The number of benzene rings is 3. The molecule has 1 unspecified atom stereocenters. The summed E-state index contributed by atoms with van der Waals surface area (Å²) in [6, 6.07) is 24.6. The van der Waals surface area contributed by atoms with Crippen LogP contribution in [0, 0.1) is 5.92 Å². The maximum absolute atomic E-state index is 13.5. The van der Waals surface area contributed by atoms with Crippen molar-refractivity contribution in [2.24, 2.45) is 5.92 Å². The summed E-state index contributed by atoms with van der Waals surface area (Å²) >= 11 is 0. The molecule has 3 aromatic carbocycles. The lowest BCUT2D eigenvalue weighted by Crippen LogP contribution is -2.51. The van der Waals surface area contributed by atoms with Gasteiger partial charge < -0.3 is 20.4 Å². The zero-order chi connectivity index (χ0) is 25.5. The van der Waals surface area contributed by atoms with E-state index in [1.165, 1.54) is 0 Å². The van der Waals surface area contributed by atoms with Gasteiger partial charge in [0.25, 0.3) is 0 Å². The second-order valence-corrected chi connectivity index (χ2v) is 9.25. The number of amides is 2. The van der Waals surface area contributed by atoms with E-state index in [4.69, 9.17) is 4.74 Å². The molecule has 1 heterocycles. The van der Waals surface area contributed by atoms with E-state index in [2.05, 4.69) is 15.6 Å². The molecule has 1 aromatic heterocycles. The lowest BCUT2D eigenvalue weighted by molar-refractivity contribution is -0.130. The number of carbonyl (C=O) groups is 2. The Morgan fingerprint density at radius 3 is 2.11 bits per heavy atom. The highest BCUT2D eigenvalue weighted by Crippen LogP contribution is 2.26. The maximum atomic E-state index is 13.5. The predicted molar refractivity (Wildman–Crippen MR) is 143 cm³/mol. The Balaban J connectivity index is 1.44. The Bertz CT molecular complexity index is 1260. The van der Waals surface area contributed by atoms with Crippen LogP contribution in [-0.4, -0.2) is 36.5 Å². The molecule has 4 rings (SSSR count). The summed E-state index contributed by atoms with van der Waals surface area (Å²) in [7, 11) is 1.65. The van der Waals surface area contributed by atoms with Crippen molar-refractivity contribution in [1.29, 1.82) is 0 Å². The first-order valence-electron chi connectivity index (χ1n) is 12.3. The molecule has 0 aliphatic carbocycles. The van der Waals surface area contributed by atoms with Gasteiger partial charge in [-0.3, -0.25) is 9.59 Å². The number of rotatable bonds is 10. The van der Waals surface area contributed by atoms with Gasteiger partial charge in [-0.2, -0.15) is 0 Å². The second-order valence-electron chi connectivity index (χ2n) is 9.25. The van der Waals surface area contributed by atoms with E-state index in [0.29, 0.717) is 13.0 Å². The number of aromatic nitrogens is 1. The Kier molecular flexibility index (Phi) is 8.06. The highest BCUT2D eigenvalue weighted by Gasteiger charge is 2.29. The summed E-state index contributed by atoms with van der Waals surface area (Å²) < 4.78 is 5.34. The molecule has 0 saturated heterocycles. The minimum atomic E-state index is -0.643. The number of hydrogen-bond acceptors (Lipinski definition) is 3. The molecule has 0 bridgehead atoms. The quantitative estimate of drug-likeness (QED) is 0.303. The smallest absolute Gasteiger partial charge is 0.242 e. The summed E-state index contributed by atoms with van der Waals surface area (Å²) in [5, 5.41) is 7.12. The van der Waals surface area contributed by atoms with Gasteiger partial charge in [0.05, 0.1) is 13.0 Å². The first-order valence-corrected chi connectivity index (χ1v) is 12.3. The van der Waals surface area contributed by atoms with Gasteiger partial charge in [-0.05, 0) is 47.2 Å². The molecule has 3 N–H and O–H groups in total. The van der Waals surface area contributed by atoms with Crippen LogP contribution in [0.3, 0.4) is 0 Å². The molecule has 2 amide bonds. The van der Waals surface area contributed by atoms with Gasteiger partial charge in [-0.15, -0.1) is 0 Å². The van der Waals surface area contributed by atoms with E-state index in [0.717, 1.165) is 33.3 Å². The molecule has 4 aromatic rings. The number of aromatic amines is 1. The lowest BCUT2D eigenvalue weighted by atomic mass is 9.89. The van der Waals surface area contributed by atoms with Crippen molar-refractivity contribution >= 4 is 22.7 Å². The highest BCUT2D eigenvalue weighted by atomic mass is 16.5. The van der Waals surface area contributed by atoms with Crippen LogP contribution in [0.25, 0.3) is 10.9 Å². The van der Waals surface area contributed by atoms with Crippen LogP contribution in [0.5, 0.6) is 5.75 Å². The molecule has 0 fully saturated rings. The van der Waals surface area contributed by atoms with Gasteiger partial charge in [-0.1, -0.05) is 74.5 Å². The topological polar surface area (TPSA) is 83.2 Å². The Morgan fingerprint density at radius 1 is 0.889 bits per heavy atom. The van der Waals surface area contributed by atoms with Crippen molar-refractivity contribution in [3.63, 3.8) is 0 Å². The third-order valence-electron chi connectivity index (χ3n) is 6.44. The van der Waals surface area contributed by atoms with Gasteiger partial charge in [0.15, 0.2) is 0 Å². The van der Waals surface area contributed by atoms with E-state index >= 15 is 0 Å². The first kappa shape index (κ1) is 25.0. The minimum absolute atomic E-state index is 0.0708. The van der Waals surface area contributed by atoms with Crippen LogP contribution in [-0.2, 0) is 16.0 Å². The van der Waals surface area contributed by atoms with Crippen LogP contribution in [0.15, 0.2) is 85.1 Å². The molecule has 0 aliphatic rings. The van der Waals surface area contributed by atoms with Crippen molar-refractivity contribution < 1.29 is 14.3 Å². The first-order chi connectivity index (χ1) is 17.5. The van der Waals surface area contributed by atoms with Crippen LogP contribution >= 0.6 is 0 Å². The van der Waals surface area contributed by atoms with Gasteiger partial charge in [0.2, 0.25) is 11.8 Å². The summed E-state index contributed by atoms with van der Waals surface area (Å²) in [5.74, 6) is -0.150. The second kappa shape index (κ2) is 11.6. The predicted octanol–water partition coefficient (Wildman–Crippen LogP) is 4.81. The fourth-order valence-corrected chi connectivity index (χ4v) is 4.48. The van der Waals surface area contributed by atoms with Crippen LogP contribution in [0.2, 0.25) is 0 Å². The molecular weight excluding hydrogens is 450 g/mol. The van der Waals surface area contributed by atoms with Gasteiger partial charge >= 0.3 is 0 Å². The molecule has 0 spiro atoms. The largest absolute Gasteiger partial charge is 0.497 e. The van der Waals surface area contributed by atoms with E-state index < -0.39 is 12.0 Å². The van der Waals surface area contributed by atoms with Crippen molar-refractivity contribution in [2.75, 3.05) is 13.7 Å². The lowest BCUT2D eigenvalue weighted by Gasteiger charge is -2.25. The number of fused-ring (bicyclic) bond motifs is 1. The zero-order valence-corrected chi connectivity index (χ0v) is 21.0. The number of nitrogens with one attached hydrogen (secondary N) is 3. The fourth-order valence-electron chi connectivity index (χ4n) is 4.48. The molecular formula is C30H33N3O3. The monoisotopic (exact) mass is 483 g/mol. The SMILES string of the molecule is COc1ccc2[nH]cc(CCNC(=O)C(NC(=O)C(c3ccccc3)c3ccccc3)C(C)C)c2c1. The highest BCUT2D eigenvalue weighted by molar-refractivity contribution is 5.92. The standard InChI is InChI=1S/C30H33N3O3/c1-20(2)28(30(35)31-17-16-23-19-32-26-15-14-24(36-3)18-25(23)26)33-29(34)27(21-10-6-4-7-11-21)22-12-8-5-9-13-22/h4-15,18-20,27-28,32H,16-17H2,1-3H3,(H,31,35)(H,33,34). The Hall–Kier alpha value is -4.06.